The number of nitrogens with one attached hydrogen (secondary N) is 1. The molecular formula is C12H26N2OS. The monoisotopic (exact) mass is 246 g/mol. The molecule has 0 atom stereocenters. The highest BCUT2D eigenvalue weighted by Gasteiger charge is 2.32. The average molecular weight is 246 g/mol. The Morgan fingerprint density at radius 1 is 1.38 bits per heavy atom. The van der Waals surface area contributed by atoms with Crippen molar-refractivity contribution < 1.29 is 4.74 Å². The lowest BCUT2D eigenvalue weighted by atomic mass is 9.79. The van der Waals surface area contributed by atoms with Crippen molar-refractivity contribution in [1.29, 1.82) is 0 Å². The molecule has 1 N–H and O–H groups in total. The lowest BCUT2D eigenvalue weighted by Gasteiger charge is -2.40. The van der Waals surface area contributed by atoms with Crippen molar-refractivity contribution in [3.05, 3.63) is 0 Å². The van der Waals surface area contributed by atoms with E-state index >= 15 is 0 Å². The van der Waals surface area contributed by atoms with E-state index in [9.17, 15) is 0 Å². The molecule has 0 bridgehead atoms. The molecule has 0 radical (unpaired) electrons. The molecule has 0 spiro atoms. The molecule has 1 saturated heterocycles. The van der Waals surface area contributed by atoms with Gasteiger partial charge in [-0.15, -0.1) is 0 Å². The van der Waals surface area contributed by atoms with E-state index in [-0.39, 0.29) is 0 Å². The number of rotatable bonds is 7. The van der Waals surface area contributed by atoms with Gasteiger partial charge in [0.15, 0.2) is 0 Å². The Kier molecular flexibility index (Phi) is 6.73. The van der Waals surface area contributed by atoms with E-state index in [1.807, 2.05) is 18.9 Å². The van der Waals surface area contributed by atoms with Crippen molar-refractivity contribution >= 4 is 11.8 Å². The van der Waals surface area contributed by atoms with E-state index in [1.54, 1.807) is 0 Å². The summed E-state index contributed by atoms with van der Waals surface area (Å²) in [5, 5.41) is 3.44. The number of methoxy groups -OCH3 is 1. The predicted octanol–water partition coefficient (Wildman–Crippen LogP) is 1.30. The van der Waals surface area contributed by atoms with Gasteiger partial charge in [-0.2, -0.15) is 11.8 Å². The second kappa shape index (κ2) is 7.54. The molecule has 1 fully saturated rings. The summed E-state index contributed by atoms with van der Waals surface area (Å²) < 4.78 is 5.43. The van der Waals surface area contributed by atoms with Crippen LogP contribution >= 0.6 is 11.8 Å². The smallest absolute Gasteiger partial charge is 0.0531 e. The van der Waals surface area contributed by atoms with E-state index in [2.05, 4.69) is 23.5 Å². The van der Waals surface area contributed by atoms with Gasteiger partial charge in [-0.1, -0.05) is 0 Å². The van der Waals surface area contributed by atoms with E-state index in [0.717, 1.165) is 19.7 Å². The molecule has 0 unspecified atom stereocenters. The number of hydrogen-bond acceptors (Lipinski definition) is 4. The minimum Gasteiger partial charge on any atom is -0.384 e. The van der Waals surface area contributed by atoms with Gasteiger partial charge in [-0.05, 0) is 39.2 Å². The summed E-state index contributed by atoms with van der Waals surface area (Å²) >= 11 is 1.92. The van der Waals surface area contributed by atoms with Gasteiger partial charge in [0.05, 0.1) is 6.61 Å². The van der Waals surface area contributed by atoms with E-state index < -0.39 is 0 Å². The molecule has 1 heterocycles. The maximum atomic E-state index is 5.43. The first kappa shape index (κ1) is 14.3. The minimum atomic E-state index is 0.382. The van der Waals surface area contributed by atoms with Crippen molar-refractivity contribution in [2.45, 2.75) is 12.8 Å². The van der Waals surface area contributed by atoms with Gasteiger partial charge >= 0.3 is 0 Å². The average Bonchev–Trinajstić information content (AvgIpc) is 2.28. The van der Waals surface area contributed by atoms with Gasteiger partial charge < -0.3 is 15.0 Å². The zero-order valence-corrected chi connectivity index (χ0v) is 11.7. The fraction of sp³-hybridized carbons (Fsp3) is 1.00. The highest BCUT2D eigenvalue weighted by molar-refractivity contribution is 7.98. The van der Waals surface area contributed by atoms with Crippen LogP contribution in [0.5, 0.6) is 0 Å². The second-order valence-electron chi connectivity index (χ2n) is 4.91. The highest BCUT2D eigenvalue weighted by Crippen LogP contribution is 2.29. The van der Waals surface area contributed by atoms with Gasteiger partial charge in [0.1, 0.15) is 0 Å². The molecule has 3 nitrogen and oxygen atoms in total. The molecule has 4 heteroatoms. The Balaban J connectivity index is 2.42. The highest BCUT2D eigenvalue weighted by atomic mass is 32.2. The van der Waals surface area contributed by atoms with Crippen LogP contribution < -0.4 is 5.32 Å². The number of piperidine rings is 1. The summed E-state index contributed by atoms with van der Waals surface area (Å²) in [4.78, 5) is 2.46. The molecule has 0 amide bonds. The molecular weight excluding hydrogens is 220 g/mol. The van der Waals surface area contributed by atoms with Crippen molar-refractivity contribution in [3.8, 4) is 0 Å². The van der Waals surface area contributed by atoms with Crippen LogP contribution in [0, 0.1) is 5.41 Å². The van der Waals surface area contributed by atoms with Gasteiger partial charge in [-0.25, -0.2) is 0 Å². The van der Waals surface area contributed by atoms with Crippen LogP contribution in [0.25, 0.3) is 0 Å². The first-order valence-electron chi connectivity index (χ1n) is 6.09. The van der Waals surface area contributed by atoms with Gasteiger partial charge in [0.25, 0.3) is 0 Å². The maximum Gasteiger partial charge on any atom is 0.0531 e. The summed E-state index contributed by atoms with van der Waals surface area (Å²) in [6.45, 7) is 5.53. The van der Waals surface area contributed by atoms with Crippen molar-refractivity contribution in [2.75, 3.05) is 59.0 Å². The van der Waals surface area contributed by atoms with Crippen LogP contribution in [0.4, 0.5) is 0 Å². The number of hydrogen-bond donors (Lipinski definition) is 1. The Morgan fingerprint density at radius 3 is 2.62 bits per heavy atom. The molecule has 96 valence electrons. The van der Waals surface area contributed by atoms with Gasteiger partial charge in [-0.3, -0.25) is 0 Å². The summed E-state index contributed by atoms with van der Waals surface area (Å²) in [6, 6.07) is 0. The molecule has 0 aliphatic carbocycles. The molecule has 1 rings (SSSR count). The molecule has 0 saturated carbocycles. The Hall–Kier alpha value is 0.230. The van der Waals surface area contributed by atoms with Crippen molar-refractivity contribution in [1.82, 2.24) is 10.2 Å². The summed E-state index contributed by atoms with van der Waals surface area (Å²) in [5.41, 5.74) is 0.382. The Labute approximate surface area is 104 Å². The van der Waals surface area contributed by atoms with Crippen molar-refractivity contribution in [3.63, 3.8) is 0 Å². The zero-order valence-electron chi connectivity index (χ0n) is 10.9. The summed E-state index contributed by atoms with van der Waals surface area (Å²) in [7, 11) is 4.06. The second-order valence-corrected chi connectivity index (χ2v) is 5.90. The zero-order chi connectivity index (χ0) is 11.9. The van der Waals surface area contributed by atoms with Crippen LogP contribution in [0.2, 0.25) is 0 Å². The van der Waals surface area contributed by atoms with E-state index in [4.69, 9.17) is 4.74 Å². The lowest BCUT2D eigenvalue weighted by Crippen LogP contribution is -2.46. The molecule has 0 aromatic carbocycles. The largest absolute Gasteiger partial charge is 0.384 e. The van der Waals surface area contributed by atoms with Crippen LogP contribution in [0.15, 0.2) is 0 Å². The van der Waals surface area contributed by atoms with Crippen LogP contribution in [0.1, 0.15) is 12.8 Å². The SMILES string of the molecule is COCC1(CN(C)CCSC)CCNCC1. The van der Waals surface area contributed by atoms with E-state index in [0.29, 0.717) is 5.41 Å². The fourth-order valence-corrected chi connectivity index (χ4v) is 3.00. The minimum absolute atomic E-state index is 0.382. The first-order chi connectivity index (χ1) is 7.72. The molecule has 16 heavy (non-hydrogen) atoms. The van der Waals surface area contributed by atoms with Crippen LogP contribution in [-0.4, -0.2) is 63.9 Å². The first-order valence-corrected chi connectivity index (χ1v) is 7.49. The van der Waals surface area contributed by atoms with Crippen molar-refractivity contribution in [2.24, 2.45) is 5.41 Å². The Bertz CT molecular complexity index is 178. The summed E-state index contributed by atoms with van der Waals surface area (Å²) in [5.74, 6) is 1.22. The van der Waals surface area contributed by atoms with Gasteiger partial charge in [0.2, 0.25) is 0 Å². The number of thioether (sulfide) groups is 1. The number of nitrogens with zero attached hydrogens (tertiary/aromatic N) is 1. The molecule has 1 aliphatic heterocycles. The quantitative estimate of drug-likeness (QED) is 0.732. The molecule has 1 aliphatic rings. The lowest BCUT2D eigenvalue weighted by molar-refractivity contribution is 0.0299. The third-order valence-corrected chi connectivity index (χ3v) is 3.99. The topological polar surface area (TPSA) is 24.5 Å². The summed E-state index contributed by atoms with van der Waals surface area (Å²) in [6.07, 6.45) is 4.65. The predicted molar refractivity (Wildman–Crippen MR) is 72.3 cm³/mol. The normalized spacial score (nSPS) is 20.2. The maximum absolute atomic E-state index is 5.43. The third kappa shape index (κ3) is 4.62. The standard InChI is InChI=1S/C12H26N2OS/c1-14(8-9-16-3)10-12(11-15-2)4-6-13-7-5-12/h13H,4-11H2,1-3H3. The Morgan fingerprint density at radius 2 is 2.06 bits per heavy atom. The van der Waals surface area contributed by atoms with E-state index in [1.165, 1.54) is 31.7 Å². The molecule has 0 aromatic heterocycles. The fourth-order valence-electron chi connectivity index (χ4n) is 2.51. The van der Waals surface area contributed by atoms with Gasteiger partial charge in [0, 0.05) is 31.4 Å². The van der Waals surface area contributed by atoms with Crippen LogP contribution in [0.3, 0.4) is 0 Å². The third-order valence-electron chi connectivity index (χ3n) is 3.40. The number of ether oxygens (including phenoxy) is 1. The molecule has 0 aromatic rings. The van der Waals surface area contributed by atoms with Crippen LogP contribution in [-0.2, 0) is 4.74 Å².